The summed E-state index contributed by atoms with van der Waals surface area (Å²) in [5, 5.41) is 0. The molecule has 0 atom stereocenters. The van der Waals surface area contributed by atoms with Crippen molar-refractivity contribution in [2.24, 2.45) is 7.05 Å². The Labute approximate surface area is 207 Å². The van der Waals surface area contributed by atoms with Gasteiger partial charge in [-0.1, -0.05) is 12.1 Å². The van der Waals surface area contributed by atoms with Gasteiger partial charge in [-0.05, 0) is 62.4 Å². The van der Waals surface area contributed by atoms with Crippen molar-refractivity contribution < 1.29 is 8.42 Å². The highest BCUT2D eigenvalue weighted by molar-refractivity contribution is 7.90. The summed E-state index contributed by atoms with van der Waals surface area (Å²) in [4.78, 5) is 14.9. The fourth-order valence-electron chi connectivity index (χ4n) is 4.67. The highest BCUT2D eigenvalue weighted by atomic mass is 32.2. The molecule has 0 unspecified atom stereocenters. The molecule has 35 heavy (non-hydrogen) atoms. The van der Waals surface area contributed by atoms with Crippen LogP contribution in [0.4, 0.5) is 5.69 Å². The second kappa shape index (κ2) is 9.09. The Kier molecular flexibility index (Phi) is 6.11. The van der Waals surface area contributed by atoms with Gasteiger partial charge in [0, 0.05) is 62.3 Å². The van der Waals surface area contributed by atoms with Gasteiger partial charge in [0.2, 0.25) is 0 Å². The number of nitrogens with zero attached hydrogens (tertiary/aromatic N) is 5. The van der Waals surface area contributed by atoms with Crippen molar-refractivity contribution in [3.8, 4) is 22.6 Å². The molecule has 0 aliphatic carbocycles. The van der Waals surface area contributed by atoms with Crippen LogP contribution >= 0.6 is 0 Å². The van der Waals surface area contributed by atoms with E-state index in [2.05, 4.69) is 47.9 Å². The molecule has 2 aromatic carbocycles. The van der Waals surface area contributed by atoms with Gasteiger partial charge in [-0.15, -0.1) is 0 Å². The Morgan fingerprint density at radius 1 is 0.800 bits per heavy atom. The standard InChI is InChI=1S/C27H31N5O2S/c1-19(2)31-15-17-32(18-16-31)22-9-5-20(6-10-22)24-13-14-25-27(28-24)30(3)26(29-25)21-7-11-23(12-8-21)35(4,33)34/h5-14,19H,15-18H2,1-4H3. The summed E-state index contributed by atoms with van der Waals surface area (Å²) in [6.07, 6.45) is 1.21. The average Bonchev–Trinajstić information content (AvgIpc) is 3.19. The molecule has 5 rings (SSSR count). The van der Waals surface area contributed by atoms with Gasteiger partial charge in [-0.3, -0.25) is 4.90 Å². The van der Waals surface area contributed by atoms with E-state index in [1.54, 1.807) is 24.3 Å². The third-order valence-electron chi connectivity index (χ3n) is 6.83. The van der Waals surface area contributed by atoms with Crippen molar-refractivity contribution >= 4 is 26.7 Å². The van der Waals surface area contributed by atoms with Crippen molar-refractivity contribution in [3.05, 3.63) is 60.7 Å². The minimum absolute atomic E-state index is 0.297. The Morgan fingerprint density at radius 2 is 1.43 bits per heavy atom. The Hall–Kier alpha value is -3.23. The summed E-state index contributed by atoms with van der Waals surface area (Å²) in [5.41, 5.74) is 5.66. The molecule has 0 spiro atoms. The van der Waals surface area contributed by atoms with Crippen molar-refractivity contribution in [2.75, 3.05) is 37.3 Å². The lowest BCUT2D eigenvalue weighted by Gasteiger charge is -2.38. The number of benzene rings is 2. The van der Waals surface area contributed by atoms with Crippen LogP contribution in [0.1, 0.15) is 13.8 Å². The molecule has 182 valence electrons. The van der Waals surface area contributed by atoms with Gasteiger partial charge >= 0.3 is 0 Å². The van der Waals surface area contributed by atoms with Crippen molar-refractivity contribution in [1.82, 2.24) is 19.4 Å². The van der Waals surface area contributed by atoms with E-state index in [0.717, 1.165) is 60.0 Å². The zero-order valence-electron chi connectivity index (χ0n) is 20.6. The summed E-state index contributed by atoms with van der Waals surface area (Å²) >= 11 is 0. The van der Waals surface area contributed by atoms with Gasteiger partial charge in [-0.25, -0.2) is 18.4 Å². The largest absolute Gasteiger partial charge is 0.369 e. The summed E-state index contributed by atoms with van der Waals surface area (Å²) in [6.45, 7) is 8.80. The van der Waals surface area contributed by atoms with E-state index in [4.69, 9.17) is 9.97 Å². The van der Waals surface area contributed by atoms with Gasteiger partial charge in [-0.2, -0.15) is 0 Å². The van der Waals surface area contributed by atoms with E-state index in [0.29, 0.717) is 10.9 Å². The quantitative estimate of drug-likeness (QED) is 0.418. The number of rotatable bonds is 5. The summed E-state index contributed by atoms with van der Waals surface area (Å²) in [6, 6.07) is 20.1. The van der Waals surface area contributed by atoms with Crippen LogP contribution in [-0.4, -0.2) is 66.3 Å². The van der Waals surface area contributed by atoms with E-state index >= 15 is 0 Å². The molecule has 3 heterocycles. The zero-order valence-corrected chi connectivity index (χ0v) is 21.5. The maximum absolute atomic E-state index is 11.8. The van der Waals surface area contributed by atoms with Crippen molar-refractivity contribution in [1.29, 1.82) is 0 Å². The molecule has 8 heteroatoms. The van der Waals surface area contributed by atoms with Gasteiger partial charge in [0.05, 0.1) is 10.6 Å². The molecular weight excluding hydrogens is 458 g/mol. The van der Waals surface area contributed by atoms with Crippen LogP contribution < -0.4 is 4.90 Å². The Morgan fingerprint density at radius 3 is 2.03 bits per heavy atom. The van der Waals surface area contributed by atoms with Gasteiger partial charge in [0.25, 0.3) is 0 Å². The molecule has 0 N–H and O–H groups in total. The summed E-state index contributed by atoms with van der Waals surface area (Å²) in [5.74, 6) is 0.751. The molecule has 0 radical (unpaired) electrons. The van der Waals surface area contributed by atoms with Crippen LogP contribution in [0.5, 0.6) is 0 Å². The van der Waals surface area contributed by atoms with Crippen LogP contribution in [0.25, 0.3) is 33.8 Å². The lowest BCUT2D eigenvalue weighted by atomic mass is 10.1. The summed E-state index contributed by atoms with van der Waals surface area (Å²) in [7, 11) is -1.30. The molecule has 0 bridgehead atoms. The fraction of sp³-hybridized carbons (Fsp3) is 0.333. The average molecular weight is 490 g/mol. The van der Waals surface area contributed by atoms with E-state index in [9.17, 15) is 8.42 Å². The van der Waals surface area contributed by atoms with E-state index in [1.807, 2.05) is 23.7 Å². The normalized spacial score (nSPS) is 15.3. The zero-order chi connectivity index (χ0) is 24.7. The monoisotopic (exact) mass is 489 g/mol. The number of imidazole rings is 1. The lowest BCUT2D eigenvalue weighted by molar-refractivity contribution is 0.209. The fourth-order valence-corrected chi connectivity index (χ4v) is 5.30. The van der Waals surface area contributed by atoms with Crippen LogP contribution in [0.15, 0.2) is 65.6 Å². The number of hydrogen-bond donors (Lipinski definition) is 0. The van der Waals surface area contributed by atoms with E-state index in [1.165, 1.54) is 11.9 Å². The highest BCUT2D eigenvalue weighted by Gasteiger charge is 2.19. The number of aryl methyl sites for hydroxylation is 1. The molecule has 0 saturated carbocycles. The van der Waals surface area contributed by atoms with E-state index in [-0.39, 0.29) is 0 Å². The van der Waals surface area contributed by atoms with Gasteiger partial charge in [0.1, 0.15) is 11.3 Å². The van der Waals surface area contributed by atoms with Gasteiger partial charge in [0.15, 0.2) is 15.5 Å². The molecule has 1 saturated heterocycles. The molecule has 1 fully saturated rings. The Balaban J connectivity index is 1.39. The molecule has 7 nitrogen and oxygen atoms in total. The smallest absolute Gasteiger partial charge is 0.175 e. The van der Waals surface area contributed by atoms with E-state index < -0.39 is 9.84 Å². The molecule has 4 aromatic rings. The first kappa shape index (κ1) is 23.5. The SMILES string of the molecule is CC(C)N1CCN(c2ccc(-c3ccc4nc(-c5ccc(S(C)(=O)=O)cc5)n(C)c4n3)cc2)CC1. The van der Waals surface area contributed by atoms with Crippen LogP contribution in [0.2, 0.25) is 0 Å². The second-order valence-corrected chi connectivity index (χ2v) is 11.5. The van der Waals surface area contributed by atoms with Crippen LogP contribution in [0, 0.1) is 0 Å². The number of aromatic nitrogens is 3. The molecule has 2 aromatic heterocycles. The number of pyridine rings is 1. The highest BCUT2D eigenvalue weighted by Crippen LogP contribution is 2.28. The number of hydrogen-bond acceptors (Lipinski definition) is 6. The van der Waals surface area contributed by atoms with Gasteiger partial charge < -0.3 is 9.47 Å². The molecule has 0 amide bonds. The van der Waals surface area contributed by atoms with Crippen molar-refractivity contribution in [2.45, 2.75) is 24.8 Å². The summed E-state index contributed by atoms with van der Waals surface area (Å²) < 4.78 is 25.5. The number of fused-ring (bicyclic) bond motifs is 1. The predicted octanol–water partition coefficient (Wildman–Crippen LogP) is 4.24. The first-order valence-corrected chi connectivity index (χ1v) is 13.8. The Bertz CT molecular complexity index is 1450. The minimum atomic E-state index is -3.23. The topological polar surface area (TPSA) is 71.3 Å². The third-order valence-corrected chi connectivity index (χ3v) is 7.96. The molecule has 1 aliphatic rings. The minimum Gasteiger partial charge on any atom is -0.369 e. The van der Waals surface area contributed by atoms with Crippen molar-refractivity contribution in [3.63, 3.8) is 0 Å². The number of piperazine rings is 1. The molecule has 1 aliphatic heterocycles. The lowest BCUT2D eigenvalue weighted by Crippen LogP contribution is -2.48. The number of anilines is 1. The third kappa shape index (κ3) is 4.68. The predicted molar refractivity (Wildman–Crippen MR) is 141 cm³/mol. The number of sulfone groups is 1. The first-order valence-electron chi connectivity index (χ1n) is 11.9. The maximum Gasteiger partial charge on any atom is 0.175 e. The maximum atomic E-state index is 11.8. The molecular formula is C27H31N5O2S. The van der Waals surface area contributed by atoms with Crippen LogP contribution in [0.3, 0.4) is 0 Å². The first-order chi connectivity index (χ1) is 16.7. The second-order valence-electron chi connectivity index (χ2n) is 9.49. The van der Waals surface area contributed by atoms with Crippen LogP contribution in [-0.2, 0) is 16.9 Å².